The SMILES string of the molecule is C=NN(C)/N=C(\C)CC=O.CC.CCCC.CCOC.COc1cccc(C2COC(=O)N2c2ccc(Cl)cc2)c1. The molecule has 1 amide bonds. The van der Waals surface area contributed by atoms with Gasteiger partial charge in [-0.2, -0.15) is 15.3 Å². The maximum Gasteiger partial charge on any atom is 0.415 e. The molecule has 1 unspecified atom stereocenters. The minimum absolute atomic E-state index is 0.172. The Kier molecular flexibility index (Phi) is 24.7. The summed E-state index contributed by atoms with van der Waals surface area (Å²) in [6.45, 7) is 16.5. The largest absolute Gasteiger partial charge is 0.497 e. The first-order valence-electron chi connectivity index (χ1n) is 13.7. The summed E-state index contributed by atoms with van der Waals surface area (Å²) in [4.78, 5) is 23.6. The number of unbranched alkanes of at least 4 members (excludes halogenated alkanes) is 1. The van der Waals surface area contributed by atoms with Crippen LogP contribution in [0.4, 0.5) is 10.5 Å². The molecule has 9 nitrogen and oxygen atoms in total. The number of hydrogen-bond acceptors (Lipinski definition) is 8. The molecule has 1 fully saturated rings. The van der Waals surface area contributed by atoms with Crippen LogP contribution in [0, 0.1) is 0 Å². The summed E-state index contributed by atoms with van der Waals surface area (Å²) in [6, 6.07) is 14.6. The average molecular weight is 593 g/mol. The van der Waals surface area contributed by atoms with E-state index in [1.165, 1.54) is 18.0 Å². The highest BCUT2D eigenvalue weighted by Gasteiger charge is 2.35. The number of hydrogen-bond donors (Lipinski definition) is 0. The van der Waals surface area contributed by atoms with Crippen LogP contribution in [0.2, 0.25) is 5.02 Å². The van der Waals surface area contributed by atoms with Crippen LogP contribution in [0.15, 0.2) is 58.7 Å². The lowest BCUT2D eigenvalue weighted by atomic mass is 10.1. The Morgan fingerprint density at radius 3 is 2.20 bits per heavy atom. The Balaban J connectivity index is 0. The maximum absolute atomic E-state index is 12.0. The zero-order chi connectivity index (χ0) is 31.6. The van der Waals surface area contributed by atoms with Gasteiger partial charge in [-0.1, -0.05) is 64.3 Å². The van der Waals surface area contributed by atoms with Crippen LogP contribution in [-0.2, 0) is 14.3 Å². The molecule has 0 bridgehead atoms. The molecule has 2 aromatic rings. The van der Waals surface area contributed by atoms with Crippen molar-refractivity contribution in [3.8, 4) is 5.75 Å². The molecule has 3 rings (SSSR count). The smallest absolute Gasteiger partial charge is 0.415 e. The third-order valence-corrected chi connectivity index (χ3v) is 5.40. The van der Waals surface area contributed by atoms with Crippen molar-refractivity contribution in [1.29, 1.82) is 0 Å². The van der Waals surface area contributed by atoms with Gasteiger partial charge in [-0.25, -0.2) is 4.79 Å². The van der Waals surface area contributed by atoms with Crippen molar-refractivity contribution in [3.05, 3.63) is 59.1 Å². The van der Waals surface area contributed by atoms with Crippen molar-refractivity contribution in [2.75, 3.05) is 39.4 Å². The quantitative estimate of drug-likeness (QED) is 0.166. The number of amides is 1. The standard InChI is InChI=1S/C16H14ClNO3.C6H11N3O.C4H10.C3H8O.C2H6/c1-20-14-4-2-3-11(9-14)15-10-21-16(19)18(15)13-7-5-12(17)6-8-13;1-6(4-5-10)8-9(3)7-2;2*1-3-4-2;1-2/h2-9,15H,10H2,1H3;5H,2,4H2,1,3H3;3-4H2,1-2H3;3H2,1-2H3;1-2H3/b;8-6+;;;. The molecule has 1 atom stereocenters. The van der Waals surface area contributed by atoms with Gasteiger partial charge in [0.05, 0.1) is 13.2 Å². The number of cyclic esters (lactones) is 1. The van der Waals surface area contributed by atoms with Crippen molar-refractivity contribution in [3.63, 3.8) is 0 Å². The summed E-state index contributed by atoms with van der Waals surface area (Å²) in [5.41, 5.74) is 2.45. The topological polar surface area (TPSA) is 93.0 Å². The summed E-state index contributed by atoms with van der Waals surface area (Å²) >= 11 is 5.90. The van der Waals surface area contributed by atoms with Crippen LogP contribution in [0.1, 0.15) is 72.4 Å². The van der Waals surface area contributed by atoms with Gasteiger partial charge in [0.25, 0.3) is 0 Å². The molecule has 1 saturated heterocycles. The fourth-order valence-corrected chi connectivity index (χ4v) is 2.97. The summed E-state index contributed by atoms with van der Waals surface area (Å²) in [5.74, 6) is 0.753. The van der Waals surface area contributed by atoms with Gasteiger partial charge in [0, 0.05) is 50.3 Å². The first-order chi connectivity index (χ1) is 19.7. The molecular weight excluding hydrogens is 544 g/mol. The lowest BCUT2D eigenvalue weighted by molar-refractivity contribution is -0.106. The van der Waals surface area contributed by atoms with Gasteiger partial charge in [0.15, 0.2) is 0 Å². The third kappa shape index (κ3) is 17.1. The number of nitrogens with zero attached hydrogens (tertiary/aromatic N) is 4. The number of hydrazone groups is 2. The number of rotatable bonds is 9. The van der Waals surface area contributed by atoms with Gasteiger partial charge >= 0.3 is 6.09 Å². The van der Waals surface area contributed by atoms with Crippen LogP contribution in [0.3, 0.4) is 0 Å². The van der Waals surface area contributed by atoms with Crippen LogP contribution >= 0.6 is 11.6 Å². The second-order valence-corrected chi connectivity index (χ2v) is 8.57. The van der Waals surface area contributed by atoms with Crippen molar-refractivity contribution in [2.45, 2.75) is 66.8 Å². The molecule has 10 heteroatoms. The minimum atomic E-state index is -0.356. The predicted octanol–water partition coefficient (Wildman–Crippen LogP) is 8.03. The summed E-state index contributed by atoms with van der Waals surface area (Å²) in [5, 5.41) is 9.31. The van der Waals surface area contributed by atoms with Crippen LogP contribution < -0.4 is 9.64 Å². The molecule has 2 aromatic carbocycles. The van der Waals surface area contributed by atoms with E-state index in [0.717, 1.165) is 35.6 Å². The van der Waals surface area contributed by atoms with Crippen molar-refractivity contribution in [2.24, 2.45) is 10.2 Å². The van der Waals surface area contributed by atoms with Crippen molar-refractivity contribution < 1.29 is 23.8 Å². The van der Waals surface area contributed by atoms with Gasteiger partial charge in [0.1, 0.15) is 18.6 Å². The van der Waals surface area contributed by atoms with E-state index in [1.807, 2.05) is 57.2 Å². The Labute approximate surface area is 252 Å². The molecule has 0 N–H and O–H groups in total. The van der Waals surface area contributed by atoms with E-state index in [0.29, 0.717) is 18.1 Å². The number of aldehydes is 1. The first kappa shape index (κ1) is 39.7. The maximum atomic E-state index is 12.0. The Morgan fingerprint density at radius 2 is 1.73 bits per heavy atom. The van der Waals surface area contributed by atoms with Crippen molar-refractivity contribution >= 4 is 42.1 Å². The number of benzene rings is 2. The fourth-order valence-electron chi connectivity index (χ4n) is 2.84. The molecule has 1 heterocycles. The molecular formula is C31H49ClN4O5. The van der Waals surface area contributed by atoms with E-state index in [-0.39, 0.29) is 12.1 Å². The number of carbonyl (C=O) groups excluding carboxylic acids is 2. The molecule has 41 heavy (non-hydrogen) atoms. The highest BCUT2D eigenvalue weighted by atomic mass is 35.5. The van der Waals surface area contributed by atoms with E-state index in [1.54, 1.807) is 45.2 Å². The first-order valence-corrected chi connectivity index (χ1v) is 14.1. The third-order valence-electron chi connectivity index (χ3n) is 5.14. The number of halogens is 1. The van der Waals surface area contributed by atoms with E-state index in [9.17, 15) is 9.59 Å². The van der Waals surface area contributed by atoms with Crippen molar-refractivity contribution in [1.82, 2.24) is 5.12 Å². The molecule has 230 valence electrons. The molecule has 0 spiro atoms. The summed E-state index contributed by atoms with van der Waals surface area (Å²) in [7, 11) is 4.95. The van der Waals surface area contributed by atoms with Crippen LogP contribution in [0.5, 0.6) is 5.75 Å². The van der Waals surface area contributed by atoms with Gasteiger partial charge in [-0.15, -0.1) is 0 Å². The molecule has 0 aliphatic carbocycles. The second-order valence-electron chi connectivity index (χ2n) is 8.13. The monoisotopic (exact) mass is 592 g/mol. The Hall–Kier alpha value is -3.43. The normalized spacial score (nSPS) is 13.3. The molecule has 0 radical (unpaired) electrons. The molecule has 1 aliphatic rings. The Bertz CT molecular complexity index is 994. The number of anilines is 1. The van der Waals surface area contributed by atoms with Gasteiger partial charge < -0.3 is 19.0 Å². The van der Waals surface area contributed by atoms with Crippen LogP contribution in [-0.4, -0.2) is 64.4 Å². The average Bonchev–Trinajstić information content (AvgIpc) is 3.40. The number of methoxy groups -OCH3 is 2. The summed E-state index contributed by atoms with van der Waals surface area (Å²) < 4.78 is 15.0. The number of ether oxygens (including phenoxy) is 3. The zero-order valence-electron chi connectivity index (χ0n) is 26.2. The fraction of sp³-hybridized carbons (Fsp3) is 0.484. The second kappa shape index (κ2) is 25.5. The predicted molar refractivity (Wildman–Crippen MR) is 172 cm³/mol. The minimum Gasteiger partial charge on any atom is -0.497 e. The lowest BCUT2D eigenvalue weighted by Crippen LogP contribution is -2.27. The van der Waals surface area contributed by atoms with Crippen LogP contribution in [0.25, 0.3) is 0 Å². The Morgan fingerprint density at radius 1 is 1.15 bits per heavy atom. The van der Waals surface area contributed by atoms with E-state index >= 15 is 0 Å². The highest BCUT2D eigenvalue weighted by Crippen LogP contribution is 2.34. The summed E-state index contributed by atoms with van der Waals surface area (Å²) in [6.07, 6.45) is 3.43. The zero-order valence-corrected chi connectivity index (χ0v) is 27.0. The van der Waals surface area contributed by atoms with E-state index in [4.69, 9.17) is 21.1 Å². The van der Waals surface area contributed by atoms with Gasteiger partial charge in [-0.05, 0) is 55.8 Å². The molecule has 0 aromatic heterocycles. The highest BCUT2D eigenvalue weighted by molar-refractivity contribution is 6.30. The molecule has 1 aliphatic heterocycles. The van der Waals surface area contributed by atoms with Gasteiger partial charge in [-0.3, -0.25) is 4.90 Å². The van der Waals surface area contributed by atoms with E-state index in [2.05, 4.69) is 35.5 Å². The van der Waals surface area contributed by atoms with E-state index < -0.39 is 0 Å². The molecule has 0 saturated carbocycles. The van der Waals surface area contributed by atoms with Gasteiger partial charge in [0.2, 0.25) is 0 Å². The number of carbonyl (C=O) groups is 2. The lowest BCUT2D eigenvalue weighted by Gasteiger charge is -2.22.